The maximum Gasteiger partial charge on any atom is 0.488 e. The first-order chi connectivity index (χ1) is 52.4. The lowest BCUT2D eigenvalue weighted by Gasteiger charge is -2.07. The summed E-state index contributed by atoms with van der Waals surface area (Å²) in [6.45, 7) is 0. The zero-order valence-corrected chi connectivity index (χ0v) is 65.0. The summed E-state index contributed by atoms with van der Waals surface area (Å²) in [6.07, 6.45) is 9.96. The Morgan fingerprint density at radius 3 is 1.51 bits per heavy atom. The molecule has 9 heterocycles. The van der Waals surface area contributed by atoms with Crippen LogP contribution in [0.3, 0.4) is 0 Å². The van der Waals surface area contributed by atoms with Gasteiger partial charge in [0.1, 0.15) is 16.8 Å². The lowest BCUT2D eigenvalue weighted by molar-refractivity contribution is -0.385. The topological polar surface area (TPSA) is 342 Å². The average molecular weight is 1780 g/mol. The van der Waals surface area contributed by atoms with Gasteiger partial charge in [-0.2, -0.15) is 4.68 Å². The summed E-state index contributed by atoms with van der Waals surface area (Å²) in [5, 5.41) is 57.0. The number of rotatable bonds is 9. The van der Waals surface area contributed by atoms with Gasteiger partial charge in [0.2, 0.25) is 11.0 Å². The van der Waals surface area contributed by atoms with Crippen molar-refractivity contribution in [1.82, 2.24) is 54.9 Å². The highest BCUT2D eigenvalue weighted by Gasteiger charge is 2.16. The number of anilines is 6. The Balaban J connectivity index is 0.000000134. The second kappa shape index (κ2) is 39.6. The SMILES string of the molecule is Brc1cccc(-n2nnc3cccnc32)c1.Brc1cccc2[nH]c3ncccc3c12.Nc1cccc(Br)c1.Nc1cccnc1Nc1cccc(Br)c1.O=[N+]([O-])c1cccnc1Cl.O=[N+]([O-])c1cccnc1Nc1cccc(Br)c1.OB(O)c1ccccc1.c1ccc(-c2cccc3[nH]c4ncccc4c23)cc1. The molecule has 0 aliphatic carbocycles. The van der Waals surface area contributed by atoms with E-state index in [2.05, 4.69) is 201 Å². The molecule has 23 nitrogen and oxygen atoms in total. The second-order valence-corrected chi connectivity index (χ2v) is 27.3. The number of pyridine rings is 6. The van der Waals surface area contributed by atoms with Crippen LogP contribution in [0.15, 0.2) is 326 Å². The van der Waals surface area contributed by atoms with Crippen molar-refractivity contribution in [2.45, 2.75) is 0 Å². The second-order valence-electron chi connectivity index (χ2n) is 22.4. The van der Waals surface area contributed by atoms with Crippen molar-refractivity contribution in [3.8, 4) is 16.8 Å². The molecule has 0 saturated carbocycles. The third-order valence-corrected chi connectivity index (χ3v) is 17.9. The van der Waals surface area contributed by atoms with Crippen molar-refractivity contribution in [2.75, 3.05) is 22.1 Å². The van der Waals surface area contributed by atoms with Crippen LogP contribution in [0.5, 0.6) is 0 Å². The lowest BCUT2D eigenvalue weighted by atomic mass is 9.81. The quantitative estimate of drug-likeness (QED) is 0.0219. The van der Waals surface area contributed by atoms with Gasteiger partial charge in [0.05, 0.1) is 21.2 Å². The van der Waals surface area contributed by atoms with Gasteiger partial charge in [0, 0.05) is 121 Å². The molecule has 0 fully saturated rings. The van der Waals surface area contributed by atoms with Gasteiger partial charge in [-0.3, -0.25) is 20.2 Å². The molecular weight excluding hydrogens is 1720 g/mol. The molecule has 17 aromatic rings. The molecule has 0 unspecified atom stereocenters. The maximum absolute atomic E-state index is 10.8. The third kappa shape index (κ3) is 22.4. The van der Waals surface area contributed by atoms with E-state index in [9.17, 15) is 20.2 Å². The molecule has 0 radical (unpaired) electrons. The van der Waals surface area contributed by atoms with Crippen LogP contribution >= 0.6 is 91.3 Å². The number of nitrogens with zero attached hydrogens (tertiary/aromatic N) is 11. The van der Waals surface area contributed by atoms with Gasteiger partial charge in [0.25, 0.3) is 0 Å². The monoisotopic (exact) mass is 1770 g/mol. The number of nitrogens with one attached hydrogen (secondary N) is 4. The van der Waals surface area contributed by atoms with E-state index in [0.717, 1.165) is 84.0 Å². The number of nitro groups is 2. The third-order valence-electron chi connectivity index (χ3n) is 15.0. The van der Waals surface area contributed by atoms with Crippen molar-refractivity contribution >= 4 is 205 Å². The molecule has 9 aromatic heterocycles. The summed E-state index contributed by atoms with van der Waals surface area (Å²) < 4.78 is 6.76. The van der Waals surface area contributed by atoms with E-state index < -0.39 is 17.0 Å². The van der Waals surface area contributed by atoms with Crippen LogP contribution in [0, 0.1) is 20.2 Å². The first kappa shape index (κ1) is 78.9. The van der Waals surface area contributed by atoms with Crippen LogP contribution in [0.2, 0.25) is 5.15 Å². The number of aromatic nitrogens is 11. The average Bonchev–Trinajstić information content (AvgIpc) is 1.55. The predicted octanol–water partition coefficient (Wildman–Crippen LogP) is 20.1. The molecule has 10 N–H and O–H groups in total. The molecule has 17 rings (SSSR count). The minimum atomic E-state index is -1.34. The van der Waals surface area contributed by atoms with E-state index >= 15 is 0 Å². The van der Waals surface area contributed by atoms with Crippen molar-refractivity contribution in [3.05, 3.63) is 352 Å². The van der Waals surface area contributed by atoms with E-state index in [1.807, 2.05) is 158 Å². The van der Waals surface area contributed by atoms with E-state index in [0.29, 0.717) is 17.0 Å². The van der Waals surface area contributed by atoms with E-state index in [1.165, 1.54) is 63.9 Å². The Morgan fingerprint density at radius 1 is 0.463 bits per heavy atom. The van der Waals surface area contributed by atoms with Crippen LogP contribution in [-0.4, -0.2) is 81.9 Å². The Morgan fingerprint density at radius 2 is 0.954 bits per heavy atom. The number of benzene rings is 8. The molecule has 0 spiro atoms. The van der Waals surface area contributed by atoms with Crippen LogP contribution in [0.25, 0.3) is 71.9 Å². The Labute approximate surface area is 664 Å². The molecular formula is C78H60BBr5ClN17O6. The molecule has 0 atom stereocenters. The van der Waals surface area contributed by atoms with Crippen molar-refractivity contribution in [1.29, 1.82) is 0 Å². The standard InChI is InChI=1S/C17H12N2.C11H7BrN4.C11H8BrN3O2.C11H10BrN3.C11H7BrN2.C6H7BO2.C6H6BrN.C5H3ClN2O2/c1-2-6-12(7-3-1)13-8-4-10-15-16(13)14-9-5-11-18-17(14)19-15;12-8-3-1-4-9(7-8)16-11-10(14-15-16)5-2-6-13-11;12-8-3-1-4-9(7-8)14-11-10(15(16)17)5-2-6-13-11;12-8-3-1-4-9(7-8)15-11-10(13)5-2-6-14-11;12-8-4-1-5-9-10(8)7-3-2-6-13-11(7)14-9;8-7(9)6-4-2-1-3-5-6;7-5-2-1-3-6(8)4-5;6-5-4(8(9)10)2-1-3-7-5/h1-11H,(H,18,19);1-7H;1-7H,(H,13,14);1-7H,13H2,(H,14,15);1-6H,(H,13,14);1-5,8-9H;1-4H,8H2;1-3H. The molecule has 538 valence electrons. The summed E-state index contributed by atoms with van der Waals surface area (Å²) in [5.41, 5.74) is 23.7. The van der Waals surface area contributed by atoms with Gasteiger partial charge in [-0.25, -0.2) is 29.9 Å². The van der Waals surface area contributed by atoms with Crippen molar-refractivity contribution in [2.24, 2.45) is 0 Å². The zero-order chi connectivity index (χ0) is 76.3. The summed E-state index contributed by atoms with van der Waals surface area (Å²) in [6, 6.07) is 83.4. The fourth-order valence-electron chi connectivity index (χ4n) is 10.1. The van der Waals surface area contributed by atoms with E-state index in [-0.39, 0.29) is 22.3 Å². The van der Waals surface area contributed by atoms with Gasteiger partial charge in [-0.05, 0) is 168 Å². The maximum atomic E-state index is 10.8. The Hall–Kier alpha value is -11.7. The van der Waals surface area contributed by atoms with Crippen LogP contribution < -0.4 is 27.6 Å². The number of fused-ring (bicyclic) bond motifs is 7. The Bertz CT molecular complexity index is 5820. The first-order valence-corrected chi connectivity index (χ1v) is 36.6. The number of nitrogen functional groups attached to an aromatic ring is 2. The molecule has 0 saturated heterocycles. The fourth-order valence-corrected chi connectivity index (χ4v) is 12.5. The number of hydrogen-bond acceptors (Lipinski definition) is 18. The van der Waals surface area contributed by atoms with Crippen LogP contribution in [-0.2, 0) is 0 Å². The molecule has 0 aliphatic rings. The molecule has 108 heavy (non-hydrogen) atoms. The number of aromatic amines is 2. The summed E-state index contributed by atoms with van der Waals surface area (Å²) >= 11 is 22.4. The number of nitrogens with two attached hydrogens (primary N) is 2. The molecule has 0 aliphatic heterocycles. The highest BCUT2D eigenvalue weighted by atomic mass is 79.9. The van der Waals surface area contributed by atoms with Gasteiger partial charge in [-0.1, -0.05) is 200 Å². The number of H-pyrrole nitrogens is 2. The largest absolute Gasteiger partial charge is 0.488 e. The molecule has 30 heteroatoms. The predicted molar refractivity (Wildman–Crippen MR) is 450 cm³/mol. The zero-order valence-electron chi connectivity index (χ0n) is 56.3. The number of hydrogen-bond donors (Lipinski definition) is 8. The van der Waals surface area contributed by atoms with E-state index in [4.69, 9.17) is 33.1 Å². The van der Waals surface area contributed by atoms with Crippen LogP contribution in [0.1, 0.15) is 0 Å². The smallest absolute Gasteiger partial charge is 0.423 e. The lowest BCUT2D eigenvalue weighted by Crippen LogP contribution is -2.29. The first-order valence-electron chi connectivity index (χ1n) is 32.2. The van der Waals surface area contributed by atoms with Crippen LogP contribution in [0.4, 0.5) is 45.8 Å². The summed E-state index contributed by atoms with van der Waals surface area (Å²) in [5.74, 6) is 0.909. The van der Waals surface area contributed by atoms with Crippen molar-refractivity contribution < 1.29 is 19.9 Å². The molecule has 8 aromatic carbocycles. The van der Waals surface area contributed by atoms with E-state index in [1.54, 1.807) is 53.6 Å². The fraction of sp³-hybridized carbons (Fsp3) is 0. The van der Waals surface area contributed by atoms with Gasteiger partial charge < -0.3 is 42.1 Å². The van der Waals surface area contributed by atoms with Gasteiger partial charge in [0.15, 0.2) is 11.5 Å². The number of halogens is 6. The summed E-state index contributed by atoms with van der Waals surface area (Å²) in [7, 11) is -1.34. The minimum Gasteiger partial charge on any atom is -0.423 e. The van der Waals surface area contributed by atoms with Gasteiger partial charge in [-0.15, -0.1) is 5.10 Å². The highest BCUT2D eigenvalue weighted by Crippen LogP contribution is 2.35. The van der Waals surface area contributed by atoms with Crippen molar-refractivity contribution in [3.63, 3.8) is 0 Å². The normalized spacial score (nSPS) is 10.3. The highest BCUT2D eigenvalue weighted by molar-refractivity contribution is 9.11. The summed E-state index contributed by atoms with van der Waals surface area (Å²) in [4.78, 5) is 51.1. The minimum absolute atomic E-state index is 0.0486. The molecule has 0 amide bonds. The molecule has 0 bridgehead atoms. The Kier molecular flexibility index (Phi) is 28.9. The van der Waals surface area contributed by atoms with Gasteiger partial charge >= 0.3 is 18.5 Å².